The molecule has 1 aromatic heterocycles. The topological polar surface area (TPSA) is 81.2 Å². The fraction of sp³-hybridized carbons (Fsp3) is 0.421. The summed E-state index contributed by atoms with van der Waals surface area (Å²) in [7, 11) is 0. The molecule has 0 aliphatic carbocycles. The predicted molar refractivity (Wildman–Crippen MR) is 97.3 cm³/mol. The number of aromatic nitrogens is 2. The van der Waals surface area contributed by atoms with E-state index in [0.29, 0.717) is 25.1 Å². The van der Waals surface area contributed by atoms with Gasteiger partial charge in [0.1, 0.15) is 0 Å². The second-order valence-corrected chi connectivity index (χ2v) is 7.09. The molecule has 1 fully saturated rings. The van der Waals surface area contributed by atoms with E-state index in [4.69, 9.17) is 5.73 Å². The second-order valence-electron chi connectivity index (χ2n) is 7.09. The molecule has 6 nitrogen and oxygen atoms in total. The summed E-state index contributed by atoms with van der Waals surface area (Å²) < 4.78 is 40.3. The number of benzene rings is 1. The molecule has 0 unspecified atom stereocenters. The lowest BCUT2D eigenvalue weighted by Gasteiger charge is -2.36. The first-order valence-corrected chi connectivity index (χ1v) is 8.93. The molecule has 3 rings (SSSR count). The van der Waals surface area contributed by atoms with Gasteiger partial charge in [0.2, 0.25) is 5.43 Å². The van der Waals surface area contributed by atoms with Crippen LogP contribution in [0.4, 0.5) is 13.2 Å². The molecule has 0 saturated carbocycles. The average molecular weight is 394 g/mol. The molecule has 2 aromatic rings. The Morgan fingerprint density at radius 1 is 1.29 bits per heavy atom. The SMILES string of the molecule is Cc1cc(=O)c(C(=O)N2CC[C@@H](N)C[C@H]2C)nn1-c1cccc(C(F)(F)F)c1. The summed E-state index contributed by atoms with van der Waals surface area (Å²) >= 11 is 0. The van der Waals surface area contributed by atoms with Gasteiger partial charge in [-0.2, -0.15) is 18.3 Å². The minimum Gasteiger partial charge on any atom is -0.334 e. The highest BCUT2D eigenvalue weighted by molar-refractivity contribution is 5.92. The number of carbonyl (C=O) groups is 1. The highest BCUT2D eigenvalue weighted by atomic mass is 19.4. The van der Waals surface area contributed by atoms with Gasteiger partial charge in [-0.3, -0.25) is 9.59 Å². The van der Waals surface area contributed by atoms with Gasteiger partial charge < -0.3 is 10.6 Å². The smallest absolute Gasteiger partial charge is 0.334 e. The zero-order valence-electron chi connectivity index (χ0n) is 15.5. The first kappa shape index (κ1) is 20.1. The maximum atomic E-state index is 13.0. The Kier molecular flexibility index (Phi) is 5.29. The lowest BCUT2D eigenvalue weighted by Crippen LogP contribution is -2.49. The highest BCUT2D eigenvalue weighted by Gasteiger charge is 2.32. The van der Waals surface area contributed by atoms with E-state index in [1.54, 1.807) is 11.8 Å². The molecule has 2 atom stereocenters. The molecule has 2 N–H and O–H groups in total. The van der Waals surface area contributed by atoms with Crippen molar-refractivity contribution < 1.29 is 18.0 Å². The molecule has 0 spiro atoms. The van der Waals surface area contributed by atoms with E-state index in [2.05, 4.69) is 5.10 Å². The summed E-state index contributed by atoms with van der Waals surface area (Å²) in [5.41, 5.74) is 4.65. The maximum Gasteiger partial charge on any atom is 0.416 e. The number of nitrogens with two attached hydrogens (primary N) is 1. The van der Waals surface area contributed by atoms with Crippen molar-refractivity contribution in [3.63, 3.8) is 0 Å². The van der Waals surface area contributed by atoms with Crippen LogP contribution in [0.5, 0.6) is 0 Å². The first-order valence-electron chi connectivity index (χ1n) is 8.93. The summed E-state index contributed by atoms with van der Waals surface area (Å²) in [5.74, 6) is -0.537. The Balaban J connectivity index is 2.02. The number of piperidine rings is 1. The van der Waals surface area contributed by atoms with Crippen molar-refractivity contribution in [2.75, 3.05) is 6.54 Å². The minimum absolute atomic E-state index is 0.00760. The van der Waals surface area contributed by atoms with Gasteiger partial charge >= 0.3 is 6.18 Å². The molecule has 9 heteroatoms. The lowest BCUT2D eigenvalue weighted by atomic mass is 9.99. The molecule has 1 aromatic carbocycles. The number of rotatable bonds is 2. The van der Waals surface area contributed by atoms with Gasteiger partial charge in [0.05, 0.1) is 11.3 Å². The second kappa shape index (κ2) is 7.38. The molecule has 1 aliphatic heterocycles. The van der Waals surface area contributed by atoms with E-state index in [0.717, 1.165) is 12.1 Å². The number of likely N-dealkylation sites (tertiary alicyclic amines) is 1. The third kappa shape index (κ3) is 3.94. The summed E-state index contributed by atoms with van der Waals surface area (Å²) in [5, 5.41) is 4.11. The number of hydrogen-bond acceptors (Lipinski definition) is 4. The van der Waals surface area contributed by atoms with Crippen LogP contribution in [-0.2, 0) is 6.18 Å². The third-order valence-electron chi connectivity index (χ3n) is 4.91. The number of hydrogen-bond donors (Lipinski definition) is 1. The monoisotopic (exact) mass is 394 g/mol. The fourth-order valence-corrected chi connectivity index (χ4v) is 3.42. The molecule has 0 bridgehead atoms. The van der Waals surface area contributed by atoms with Gasteiger partial charge in [0.15, 0.2) is 5.69 Å². The van der Waals surface area contributed by atoms with Crippen LogP contribution < -0.4 is 11.2 Å². The summed E-state index contributed by atoms with van der Waals surface area (Å²) in [6, 6.07) is 5.63. The number of carbonyl (C=O) groups excluding carboxylic acids is 1. The van der Waals surface area contributed by atoms with Gasteiger partial charge in [0.25, 0.3) is 5.91 Å². The molecule has 150 valence electrons. The standard InChI is InChI=1S/C19H21F3N4O2/c1-11-8-14(23)6-7-25(11)18(28)17-16(27)9-12(2)26(24-17)15-5-3-4-13(10-15)19(20,21)22/h3-5,9-11,14H,6-8,23H2,1-2H3/t11-,14-/m1/s1. The zero-order valence-corrected chi connectivity index (χ0v) is 15.5. The normalized spacial score (nSPS) is 20.3. The number of aryl methyl sites for hydroxylation is 1. The molecular formula is C19H21F3N4O2. The summed E-state index contributed by atoms with van der Waals surface area (Å²) in [6.45, 7) is 3.79. The fourth-order valence-electron chi connectivity index (χ4n) is 3.42. The van der Waals surface area contributed by atoms with Gasteiger partial charge in [0, 0.05) is 30.4 Å². The van der Waals surface area contributed by atoms with Crippen LogP contribution in [0.3, 0.4) is 0 Å². The van der Waals surface area contributed by atoms with E-state index >= 15 is 0 Å². The van der Waals surface area contributed by atoms with Crippen molar-refractivity contribution in [2.45, 2.75) is 44.9 Å². The minimum atomic E-state index is -4.51. The maximum absolute atomic E-state index is 13.0. The number of nitrogens with zero attached hydrogens (tertiary/aromatic N) is 3. The number of alkyl halides is 3. The largest absolute Gasteiger partial charge is 0.416 e. The van der Waals surface area contributed by atoms with Crippen molar-refractivity contribution in [2.24, 2.45) is 5.73 Å². The van der Waals surface area contributed by atoms with E-state index < -0.39 is 23.1 Å². The average Bonchev–Trinajstić information content (AvgIpc) is 2.61. The Labute approximate surface area is 159 Å². The van der Waals surface area contributed by atoms with Crippen molar-refractivity contribution >= 4 is 5.91 Å². The zero-order chi connectivity index (χ0) is 20.6. The van der Waals surface area contributed by atoms with Crippen LogP contribution >= 0.6 is 0 Å². The van der Waals surface area contributed by atoms with Crippen LogP contribution in [0.2, 0.25) is 0 Å². The van der Waals surface area contributed by atoms with E-state index in [1.807, 2.05) is 6.92 Å². The Hall–Kier alpha value is -2.68. The Morgan fingerprint density at radius 2 is 2.00 bits per heavy atom. The molecular weight excluding hydrogens is 373 g/mol. The summed E-state index contributed by atoms with van der Waals surface area (Å²) in [4.78, 5) is 26.8. The van der Waals surface area contributed by atoms with Gasteiger partial charge in [-0.1, -0.05) is 6.07 Å². The third-order valence-corrected chi connectivity index (χ3v) is 4.91. The van der Waals surface area contributed by atoms with Gasteiger partial charge in [-0.05, 0) is 44.9 Å². The first-order chi connectivity index (χ1) is 13.1. The molecule has 0 radical (unpaired) electrons. The van der Waals surface area contributed by atoms with E-state index in [-0.39, 0.29) is 23.5 Å². The molecule has 28 heavy (non-hydrogen) atoms. The van der Waals surface area contributed by atoms with Crippen molar-refractivity contribution in [1.82, 2.24) is 14.7 Å². The van der Waals surface area contributed by atoms with Crippen LogP contribution in [0.1, 0.15) is 41.5 Å². The Bertz CT molecular complexity index is 955. The van der Waals surface area contributed by atoms with Crippen LogP contribution in [-0.4, -0.2) is 39.2 Å². The molecule has 2 heterocycles. The predicted octanol–water partition coefficient (Wildman–Crippen LogP) is 2.51. The molecule has 1 amide bonds. The van der Waals surface area contributed by atoms with Gasteiger partial charge in [-0.25, -0.2) is 4.68 Å². The van der Waals surface area contributed by atoms with Crippen LogP contribution in [0.15, 0.2) is 35.1 Å². The Morgan fingerprint density at radius 3 is 2.64 bits per heavy atom. The van der Waals surface area contributed by atoms with Crippen LogP contribution in [0, 0.1) is 6.92 Å². The summed E-state index contributed by atoms with van der Waals surface area (Å²) in [6.07, 6.45) is -3.28. The lowest BCUT2D eigenvalue weighted by molar-refractivity contribution is -0.137. The van der Waals surface area contributed by atoms with E-state index in [9.17, 15) is 22.8 Å². The van der Waals surface area contributed by atoms with Crippen molar-refractivity contribution in [3.05, 3.63) is 57.5 Å². The van der Waals surface area contributed by atoms with Crippen molar-refractivity contribution in [3.8, 4) is 5.69 Å². The van der Waals surface area contributed by atoms with E-state index in [1.165, 1.54) is 22.9 Å². The van der Waals surface area contributed by atoms with Crippen LogP contribution in [0.25, 0.3) is 5.69 Å². The highest BCUT2D eigenvalue weighted by Crippen LogP contribution is 2.30. The van der Waals surface area contributed by atoms with Gasteiger partial charge in [-0.15, -0.1) is 0 Å². The van der Waals surface area contributed by atoms with Crippen molar-refractivity contribution in [1.29, 1.82) is 0 Å². The quantitative estimate of drug-likeness (QED) is 0.849. The number of halogens is 3. The molecule has 1 aliphatic rings. The number of amides is 1. The molecule has 1 saturated heterocycles.